The van der Waals surface area contributed by atoms with Crippen LogP contribution in [0.3, 0.4) is 0 Å². The Morgan fingerprint density at radius 2 is 1.85 bits per heavy atom. The summed E-state index contributed by atoms with van der Waals surface area (Å²) in [6, 6.07) is 7.09. The minimum absolute atomic E-state index is 0.193. The first-order valence-corrected chi connectivity index (χ1v) is 9.18. The van der Waals surface area contributed by atoms with Crippen molar-refractivity contribution in [2.75, 3.05) is 25.6 Å². The third kappa shape index (κ3) is 4.54. The molecule has 6 nitrogen and oxygen atoms in total. The van der Waals surface area contributed by atoms with Crippen LogP contribution in [0.25, 0.3) is 0 Å². The van der Waals surface area contributed by atoms with Crippen LogP contribution < -0.4 is 14.8 Å². The highest BCUT2D eigenvalue weighted by atomic mass is 32.1. The minimum Gasteiger partial charge on any atom is -0.493 e. The maximum Gasteiger partial charge on any atom is 0.341 e. The fraction of sp³-hybridized carbons (Fsp3) is 0.368. The van der Waals surface area contributed by atoms with Crippen LogP contribution in [0, 0.1) is 6.92 Å². The Balaban J connectivity index is 2.12. The highest BCUT2D eigenvalue weighted by Crippen LogP contribution is 2.34. The molecule has 26 heavy (non-hydrogen) atoms. The van der Waals surface area contributed by atoms with E-state index in [4.69, 9.17) is 14.2 Å². The molecule has 0 atom stereocenters. The first-order chi connectivity index (χ1) is 12.5. The predicted octanol–water partition coefficient (Wildman–Crippen LogP) is 3.82. The number of thiophene rings is 1. The van der Waals surface area contributed by atoms with Gasteiger partial charge < -0.3 is 19.5 Å². The van der Waals surface area contributed by atoms with E-state index in [0.717, 1.165) is 16.9 Å². The highest BCUT2D eigenvalue weighted by Gasteiger charge is 2.23. The molecule has 0 radical (unpaired) electrons. The molecule has 0 fully saturated rings. The van der Waals surface area contributed by atoms with Crippen LogP contribution in [-0.4, -0.2) is 32.2 Å². The lowest BCUT2D eigenvalue weighted by Crippen LogP contribution is -2.21. The van der Waals surface area contributed by atoms with E-state index in [9.17, 15) is 9.59 Å². The number of ether oxygens (including phenoxy) is 3. The number of amides is 1. The van der Waals surface area contributed by atoms with Crippen molar-refractivity contribution in [3.05, 3.63) is 40.3 Å². The Bertz CT molecular complexity index is 784. The number of methoxy groups -OCH3 is 1. The molecule has 2 aromatic rings. The molecular formula is C19H23NO5S. The zero-order valence-corrected chi connectivity index (χ0v) is 16.2. The maximum absolute atomic E-state index is 12.3. The molecule has 2 rings (SSSR count). The molecule has 0 spiro atoms. The van der Waals surface area contributed by atoms with Crippen LogP contribution in [0.15, 0.2) is 24.3 Å². The zero-order valence-electron chi connectivity index (χ0n) is 15.4. The summed E-state index contributed by atoms with van der Waals surface area (Å²) in [6.45, 7) is 5.70. The fourth-order valence-electron chi connectivity index (χ4n) is 2.48. The molecule has 1 aromatic carbocycles. The van der Waals surface area contributed by atoms with E-state index in [0.29, 0.717) is 22.1 Å². The first-order valence-electron chi connectivity index (χ1n) is 8.36. The van der Waals surface area contributed by atoms with Gasteiger partial charge in [-0.15, -0.1) is 11.3 Å². The standard InChI is InChI=1S/C19H23NO5S/c1-5-15-12(3)17(19(22)24-6-2)18(26-15)20-16(21)11-25-14-10-8-7-9-13(14)23-4/h7-10H,5-6,11H2,1-4H3,(H,20,21). The SMILES string of the molecule is CCOC(=O)c1c(NC(=O)COc2ccccc2OC)sc(CC)c1C. The van der Waals surface area contributed by atoms with Gasteiger partial charge in [-0.2, -0.15) is 0 Å². The molecule has 0 aliphatic heterocycles. The molecule has 7 heteroatoms. The van der Waals surface area contributed by atoms with E-state index < -0.39 is 5.97 Å². The summed E-state index contributed by atoms with van der Waals surface area (Å²) in [4.78, 5) is 25.6. The normalized spacial score (nSPS) is 10.3. The second-order valence-electron chi connectivity index (χ2n) is 5.42. The molecule has 0 aliphatic carbocycles. The van der Waals surface area contributed by atoms with Crippen molar-refractivity contribution in [3.63, 3.8) is 0 Å². The van der Waals surface area contributed by atoms with Crippen molar-refractivity contribution in [2.24, 2.45) is 0 Å². The number of carbonyl (C=O) groups is 2. The lowest BCUT2D eigenvalue weighted by Gasteiger charge is -2.10. The third-order valence-corrected chi connectivity index (χ3v) is 5.08. The largest absolute Gasteiger partial charge is 0.493 e. The third-order valence-electron chi connectivity index (χ3n) is 3.73. The van der Waals surface area contributed by atoms with Gasteiger partial charge in [0.1, 0.15) is 5.00 Å². The highest BCUT2D eigenvalue weighted by molar-refractivity contribution is 7.17. The van der Waals surface area contributed by atoms with Gasteiger partial charge in [-0.05, 0) is 38.0 Å². The van der Waals surface area contributed by atoms with E-state index in [-0.39, 0.29) is 19.1 Å². The Morgan fingerprint density at radius 1 is 1.15 bits per heavy atom. The fourth-order valence-corrected chi connectivity index (χ4v) is 3.63. The van der Waals surface area contributed by atoms with Crippen LogP contribution in [0.1, 0.15) is 34.6 Å². The van der Waals surface area contributed by atoms with Crippen molar-refractivity contribution < 1.29 is 23.8 Å². The van der Waals surface area contributed by atoms with Gasteiger partial charge in [0.25, 0.3) is 5.91 Å². The van der Waals surface area contributed by atoms with Crippen molar-refractivity contribution >= 4 is 28.2 Å². The molecule has 1 aromatic heterocycles. The second-order valence-corrected chi connectivity index (χ2v) is 6.52. The van der Waals surface area contributed by atoms with Gasteiger partial charge in [0.05, 0.1) is 19.3 Å². The number of anilines is 1. The Kier molecular flexibility index (Phi) is 7.03. The number of esters is 1. The number of aryl methyl sites for hydroxylation is 1. The van der Waals surface area contributed by atoms with Crippen LogP contribution in [0.5, 0.6) is 11.5 Å². The maximum atomic E-state index is 12.3. The van der Waals surface area contributed by atoms with Crippen LogP contribution in [0.4, 0.5) is 5.00 Å². The zero-order chi connectivity index (χ0) is 19.1. The average molecular weight is 377 g/mol. The Morgan fingerprint density at radius 3 is 2.46 bits per heavy atom. The van der Waals surface area contributed by atoms with E-state index >= 15 is 0 Å². The number of benzene rings is 1. The van der Waals surface area contributed by atoms with E-state index in [1.54, 1.807) is 25.1 Å². The van der Waals surface area contributed by atoms with Gasteiger partial charge in [-0.1, -0.05) is 19.1 Å². The second kappa shape index (κ2) is 9.24. The van der Waals surface area contributed by atoms with Crippen LogP contribution >= 0.6 is 11.3 Å². The van der Waals surface area contributed by atoms with Gasteiger partial charge >= 0.3 is 5.97 Å². The molecule has 0 unspecified atom stereocenters. The summed E-state index contributed by atoms with van der Waals surface area (Å²) < 4.78 is 15.8. The summed E-state index contributed by atoms with van der Waals surface area (Å²) in [5.41, 5.74) is 1.26. The van der Waals surface area contributed by atoms with Gasteiger partial charge in [-0.3, -0.25) is 4.79 Å². The van der Waals surface area contributed by atoms with Crippen LogP contribution in [0.2, 0.25) is 0 Å². The summed E-state index contributed by atoms with van der Waals surface area (Å²) in [5.74, 6) is 0.243. The van der Waals surface area contributed by atoms with Crippen molar-refractivity contribution in [1.29, 1.82) is 0 Å². The van der Waals surface area contributed by atoms with Crippen LogP contribution in [-0.2, 0) is 16.0 Å². The number of para-hydroxylation sites is 2. The number of carbonyl (C=O) groups excluding carboxylic acids is 2. The molecular weight excluding hydrogens is 354 g/mol. The Labute approximate surface area is 157 Å². The molecule has 140 valence electrons. The van der Waals surface area contributed by atoms with Gasteiger partial charge in [0, 0.05) is 4.88 Å². The van der Waals surface area contributed by atoms with E-state index in [2.05, 4.69) is 5.32 Å². The molecule has 0 saturated heterocycles. The lowest BCUT2D eigenvalue weighted by atomic mass is 10.1. The lowest BCUT2D eigenvalue weighted by molar-refractivity contribution is -0.118. The van der Waals surface area contributed by atoms with Gasteiger partial charge in [-0.25, -0.2) is 4.79 Å². The smallest absolute Gasteiger partial charge is 0.341 e. The van der Waals surface area contributed by atoms with E-state index in [1.165, 1.54) is 18.4 Å². The number of nitrogens with one attached hydrogen (secondary N) is 1. The number of hydrogen-bond donors (Lipinski definition) is 1. The summed E-state index contributed by atoms with van der Waals surface area (Å²) in [6.07, 6.45) is 0.774. The number of hydrogen-bond acceptors (Lipinski definition) is 6. The minimum atomic E-state index is -0.429. The predicted molar refractivity (Wildman–Crippen MR) is 102 cm³/mol. The van der Waals surface area contributed by atoms with Gasteiger partial charge in [0.2, 0.25) is 0 Å². The monoisotopic (exact) mass is 377 g/mol. The summed E-state index contributed by atoms with van der Waals surface area (Å²) in [7, 11) is 1.54. The molecule has 1 amide bonds. The topological polar surface area (TPSA) is 73.9 Å². The molecule has 0 saturated carbocycles. The Hall–Kier alpha value is -2.54. The van der Waals surface area contributed by atoms with Gasteiger partial charge in [0.15, 0.2) is 18.1 Å². The quantitative estimate of drug-likeness (QED) is 0.708. The summed E-state index contributed by atoms with van der Waals surface area (Å²) >= 11 is 1.38. The average Bonchev–Trinajstić information content (AvgIpc) is 2.95. The van der Waals surface area contributed by atoms with Crippen molar-refractivity contribution in [2.45, 2.75) is 27.2 Å². The molecule has 0 bridgehead atoms. The van der Waals surface area contributed by atoms with Crippen molar-refractivity contribution in [3.8, 4) is 11.5 Å². The van der Waals surface area contributed by atoms with Crippen molar-refractivity contribution in [1.82, 2.24) is 0 Å². The summed E-state index contributed by atoms with van der Waals surface area (Å²) in [5, 5.41) is 3.26. The molecule has 1 N–H and O–H groups in total. The molecule has 1 heterocycles. The van der Waals surface area contributed by atoms with E-state index in [1.807, 2.05) is 19.9 Å². The first kappa shape index (κ1) is 19.8. The number of rotatable bonds is 8. The molecule has 0 aliphatic rings.